The van der Waals surface area contributed by atoms with E-state index in [0.29, 0.717) is 13.0 Å². The number of aromatic nitrogens is 1. The first kappa shape index (κ1) is 15.5. The van der Waals surface area contributed by atoms with Crippen LogP contribution >= 0.6 is 11.3 Å². The minimum atomic E-state index is -0.00867. The van der Waals surface area contributed by atoms with E-state index in [-0.39, 0.29) is 11.9 Å². The van der Waals surface area contributed by atoms with Gasteiger partial charge in [0.25, 0.3) is 0 Å². The van der Waals surface area contributed by atoms with E-state index in [0.717, 1.165) is 22.9 Å². The summed E-state index contributed by atoms with van der Waals surface area (Å²) in [7, 11) is 0. The number of thiazole rings is 1. The summed E-state index contributed by atoms with van der Waals surface area (Å²) in [5.41, 5.74) is 0.995. The van der Waals surface area contributed by atoms with Crippen molar-refractivity contribution >= 4 is 17.2 Å². The van der Waals surface area contributed by atoms with Crippen LogP contribution < -0.4 is 10.1 Å². The summed E-state index contributed by atoms with van der Waals surface area (Å²) in [6.07, 6.45) is 1.17. The van der Waals surface area contributed by atoms with Crippen molar-refractivity contribution in [2.24, 2.45) is 0 Å². The van der Waals surface area contributed by atoms with Gasteiger partial charge in [-0.25, -0.2) is 4.98 Å². The molecule has 5 heteroatoms. The molecule has 1 N–H and O–H groups in total. The molecule has 0 saturated heterocycles. The Bertz CT molecular complexity index is 569. The second-order valence-electron chi connectivity index (χ2n) is 4.77. The average Bonchev–Trinajstić information content (AvgIpc) is 2.92. The van der Waals surface area contributed by atoms with Crippen LogP contribution in [0.15, 0.2) is 35.7 Å². The van der Waals surface area contributed by atoms with Gasteiger partial charge in [-0.05, 0) is 25.5 Å². The van der Waals surface area contributed by atoms with Crippen LogP contribution in [0.1, 0.15) is 36.5 Å². The monoisotopic (exact) mass is 304 g/mol. The standard InChI is InChI=1S/C16H20N2O2S/c1-3-14(16-17-12(2)11-21-16)18-15(19)9-10-20-13-7-5-4-6-8-13/h4-8,11,14H,3,9-10H2,1-2H3,(H,18,19)/t14-/m0/s1. The first-order valence-electron chi connectivity index (χ1n) is 7.08. The van der Waals surface area contributed by atoms with Gasteiger partial charge >= 0.3 is 0 Å². The van der Waals surface area contributed by atoms with Gasteiger partial charge in [0.15, 0.2) is 0 Å². The predicted octanol–water partition coefficient (Wildman–Crippen LogP) is 3.49. The number of hydrogen-bond acceptors (Lipinski definition) is 4. The Morgan fingerprint density at radius 3 is 2.76 bits per heavy atom. The van der Waals surface area contributed by atoms with Crippen molar-refractivity contribution in [1.82, 2.24) is 10.3 Å². The number of aryl methyl sites for hydroxylation is 1. The number of hydrogen-bond donors (Lipinski definition) is 1. The van der Waals surface area contributed by atoms with Crippen molar-refractivity contribution in [3.63, 3.8) is 0 Å². The molecule has 1 atom stereocenters. The van der Waals surface area contributed by atoms with Crippen molar-refractivity contribution in [2.75, 3.05) is 6.61 Å². The molecule has 0 aliphatic rings. The second-order valence-corrected chi connectivity index (χ2v) is 5.66. The lowest BCUT2D eigenvalue weighted by Gasteiger charge is -2.14. The zero-order valence-corrected chi connectivity index (χ0v) is 13.2. The molecule has 0 aliphatic carbocycles. The third-order valence-electron chi connectivity index (χ3n) is 3.02. The molecule has 1 heterocycles. The van der Waals surface area contributed by atoms with Gasteiger partial charge in [0.2, 0.25) is 5.91 Å². The molecule has 1 aromatic heterocycles. The van der Waals surface area contributed by atoms with E-state index >= 15 is 0 Å². The van der Waals surface area contributed by atoms with Crippen LogP contribution in [0.25, 0.3) is 0 Å². The van der Waals surface area contributed by atoms with E-state index in [2.05, 4.69) is 10.3 Å². The van der Waals surface area contributed by atoms with Gasteiger partial charge in [-0.3, -0.25) is 4.79 Å². The van der Waals surface area contributed by atoms with E-state index in [1.165, 1.54) is 0 Å². The van der Waals surface area contributed by atoms with Crippen molar-refractivity contribution in [3.8, 4) is 5.75 Å². The Balaban J connectivity index is 1.78. The Kier molecular flexibility index (Phi) is 5.75. The first-order valence-corrected chi connectivity index (χ1v) is 7.96. The number of carbonyl (C=O) groups is 1. The minimum Gasteiger partial charge on any atom is -0.493 e. The summed E-state index contributed by atoms with van der Waals surface area (Å²) < 4.78 is 5.53. The molecule has 112 valence electrons. The van der Waals surface area contributed by atoms with E-state index in [9.17, 15) is 4.79 Å². The SMILES string of the molecule is CC[C@H](NC(=O)CCOc1ccccc1)c1nc(C)cs1. The maximum absolute atomic E-state index is 12.0. The molecule has 1 amide bonds. The molecular formula is C16H20N2O2S. The molecule has 0 aliphatic heterocycles. The number of nitrogens with zero attached hydrogens (tertiary/aromatic N) is 1. The molecule has 0 radical (unpaired) electrons. The van der Waals surface area contributed by atoms with Crippen molar-refractivity contribution in [1.29, 1.82) is 0 Å². The van der Waals surface area contributed by atoms with Crippen LogP contribution in [0, 0.1) is 6.92 Å². The number of amides is 1. The molecule has 0 saturated carbocycles. The average molecular weight is 304 g/mol. The Labute approximate surface area is 129 Å². The summed E-state index contributed by atoms with van der Waals surface area (Å²) in [6.45, 7) is 4.38. The molecule has 0 fully saturated rings. The fourth-order valence-corrected chi connectivity index (χ4v) is 2.85. The number of benzene rings is 1. The molecule has 4 nitrogen and oxygen atoms in total. The normalized spacial score (nSPS) is 11.9. The van der Waals surface area contributed by atoms with Gasteiger partial charge in [-0.15, -0.1) is 11.3 Å². The molecular weight excluding hydrogens is 284 g/mol. The molecule has 21 heavy (non-hydrogen) atoms. The highest BCUT2D eigenvalue weighted by atomic mass is 32.1. The van der Waals surface area contributed by atoms with Gasteiger partial charge in [-0.1, -0.05) is 25.1 Å². The number of para-hydroxylation sites is 1. The highest BCUT2D eigenvalue weighted by molar-refractivity contribution is 7.09. The third-order valence-corrected chi connectivity index (χ3v) is 4.10. The van der Waals surface area contributed by atoms with E-state index < -0.39 is 0 Å². The number of ether oxygens (including phenoxy) is 1. The van der Waals surface area contributed by atoms with E-state index in [1.807, 2.05) is 49.6 Å². The Morgan fingerprint density at radius 1 is 1.38 bits per heavy atom. The molecule has 0 unspecified atom stereocenters. The molecule has 2 aromatic rings. The topological polar surface area (TPSA) is 51.2 Å². The number of nitrogens with one attached hydrogen (secondary N) is 1. The van der Waals surface area contributed by atoms with Crippen molar-refractivity contribution < 1.29 is 9.53 Å². The van der Waals surface area contributed by atoms with Crippen LogP contribution in [-0.4, -0.2) is 17.5 Å². The predicted molar refractivity (Wildman–Crippen MR) is 84.6 cm³/mol. The minimum absolute atomic E-state index is 0.00655. The van der Waals surface area contributed by atoms with Gasteiger partial charge in [0.1, 0.15) is 10.8 Å². The van der Waals surface area contributed by atoms with Crippen LogP contribution in [0.4, 0.5) is 0 Å². The zero-order chi connectivity index (χ0) is 15.1. The van der Waals surface area contributed by atoms with Gasteiger partial charge < -0.3 is 10.1 Å². The number of carbonyl (C=O) groups excluding carboxylic acids is 1. The fourth-order valence-electron chi connectivity index (χ4n) is 1.92. The van der Waals surface area contributed by atoms with Gasteiger partial charge in [-0.2, -0.15) is 0 Å². The van der Waals surface area contributed by atoms with Gasteiger partial charge in [0, 0.05) is 11.1 Å². The Morgan fingerprint density at radius 2 is 2.14 bits per heavy atom. The fraction of sp³-hybridized carbons (Fsp3) is 0.375. The molecule has 1 aromatic carbocycles. The van der Waals surface area contributed by atoms with E-state index in [4.69, 9.17) is 4.74 Å². The summed E-state index contributed by atoms with van der Waals surface area (Å²) in [5, 5.41) is 5.98. The largest absolute Gasteiger partial charge is 0.493 e. The van der Waals surface area contributed by atoms with Crippen molar-refractivity contribution in [3.05, 3.63) is 46.4 Å². The lowest BCUT2D eigenvalue weighted by molar-refractivity contribution is -0.122. The number of rotatable bonds is 7. The van der Waals surface area contributed by atoms with Gasteiger partial charge in [0.05, 0.1) is 19.1 Å². The summed E-state index contributed by atoms with van der Waals surface area (Å²) in [4.78, 5) is 16.4. The van der Waals surface area contributed by atoms with Crippen LogP contribution in [-0.2, 0) is 4.79 Å². The highest BCUT2D eigenvalue weighted by Crippen LogP contribution is 2.20. The second kappa shape index (κ2) is 7.78. The van der Waals surface area contributed by atoms with Crippen LogP contribution in [0.2, 0.25) is 0 Å². The maximum Gasteiger partial charge on any atom is 0.223 e. The quantitative estimate of drug-likeness (QED) is 0.852. The van der Waals surface area contributed by atoms with E-state index in [1.54, 1.807) is 11.3 Å². The van der Waals surface area contributed by atoms with Crippen LogP contribution in [0.5, 0.6) is 5.75 Å². The summed E-state index contributed by atoms with van der Waals surface area (Å²) in [5.74, 6) is 0.776. The Hall–Kier alpha value is -1.88. The maximum atomic E-state index is 12.0. The smallest absolute Gasteiger partial charge is 0.223 e. The molecule has 0 bridgehead atoms. The third kappa shape index (κ3) is 4.86. The molecule has 2 rings (SSSR count). The summed E-state index contributed by atoms with van der Waals surface area (Å²) in [6, 6.07) is 9.51. The molecule has 0 spiro atoms. The highest BCUT2D eigenvalue weighted by Gasteiger charge is 2.15. The lowest BCUT2D eigenvalue weighted by atomic mass is 10.2. The zero-order valence-electron chi connectivity index (χ0n) is 12.3. The first-order chi connectivity index (χ1) is 10.2. The van der Waals surface area contributed by atoms with Crippen molar-refractivity contribution in [2.45, 2.75) is 32.7 Å². The summed E-state index contributed by atoms with van der Waals surface area (Å²) >= 11 is 1.59. The lowest BCUT2D eigenvalue weighted by Crippen LogP contribution is -2.29. The van der Waals surface area contributed by atoms with Crippen LogP contribution in [0.3, 0.4) is 0 Å².